The van der Waals surface area contributed by atoms with E-state index >= 15 is 0 Å². The lowest BCUT2D eigenvalue weighted by Crippen LogP contribution is -2.33. The van der Waals surface area contributed by atoms with E-state index in [1.165, 1.54) is 10.6 Å². The Bertz CT molecular complexity index is 1160. The van der Waals surface area contributed by atoms with Crippen LogP contribution in [0.4, 0.5) is 5.69 Å². The Balaban J connectivity index is 2.05. The van der Waals surface area contributed by atoms with Crippen molar-refractivity contribution in [2.24, 2.45) is 0 Å². The average molecular weight is 467 g/mol. The lowest BCUT2D eigenvalue weighted by molar-refractivity contribution is -0.116. The van der Waals surface area contributed by atoms with Crippen molar-refractivity contribution < 1.29 is 9.90 Å². The number of amides is 1. The van der Waals surface area contributed by atoms with Gasteiger partial charge >= 0.3 is 0 Å². The molecule has 0 saturated carbocycles. The number of hydrogen-bond acceptors (Lipinski definition) is 4. The second kappa shape index (κ2) is 9.62. The van der Waals surface area contributed by atoms with Gasteiger partial charge in [0.1, 0.15) is 12.4 Å². The number of carbonyl (C=O) groups excluding carboxylic acids is 1. The molecule has 0 aliphatic rings. The monoisotopic (exact) mass is 465 g/mol. The number of nitrogens with zero attached hydrogens (tertiary/aromatic N) is 2. The fraction of sp³-hybridized carbons (Fsp3) is 0.190. The number of aliphatic hydroxyl groups excluding tert-OH is 1. The fourth-order valence-electron chi connectivity index (χ4n) is 3.02. The van der Waals surface area contributed by atoms with Crippen LogP contribution in [-0.4, -0.2) is 27.2 Å². The van der Waals surface area contributed by atoms with E-state index in [2.05, 4.69) is 10.3 Å². The summed E-state index contributed by atoms with van der Waals surface area (Å²) in [5, 5.41) is 13.2. The molecule has 0 unspecified atom stereocenters. The largest absolute Gasteiger partial charge is 0.396 e. The highest BCUT2D eigenvalue weighted by Crippen LogP contribution is 2.26. The van der Waals surface area contributed by atoms with Crippen LogP contribution in [0, 0.1) is 6.92 Å². The van der Waals surface area contributed by atoms with Gasteiger partial charge in [0.2, 0.25) is 5.91 Å². The minimum Gasteiger partial charge on any atom is -0.396 e. The summed E-state index contributed by atoms with van der Waals surface area (Å²) in [5.41, 5.74) is 1.35. The quantitative estimate of drug-likeness (QED) is 0.565. The van der Waals surface area contributed by atoms with Gasteiger partial charge in [0.25, 0.3) is 5.56 Å². The fourth-order valence-corrected chi connectivity index (χ4v) is 3.55. The molecule has 0 aliphatic heterocycles. The van der Waals surface area contributed by atoms with Gasteiger partial charge in [0.05, 0.1) is 10.7 Å². The highest BCUT2D eigenvalue weighted by molar-refractivity contribution is 6.35. The summed E-state index contributed by atoms with van der Waals surface area (Å²) >= 11 is 18.2. The van der Waals surface area contributed by atoms with Crippen molar-refractivity contribution in [1.82, 2.24) is 9.55 Å². The lowest BCUT2D eigenvalue weighted by Gasteiger charge is -2.16. The van der Waals surface area contributed by atoms with Crippen LogP contribution in [-0.2, 0) is 17.8 Å². The summed E-state index contributed by atoms with van der Waals surface area (Å²) in [7, 11) is 0. The molecule has 2 N–H and O–H groups in total. The van der Waals surface area contributed by atoms with Gasteiger partial charge in [-0.2, -0.15) is 0 Å². The molecule has 156 valence electrons. The molecule has 0 aliphatic carbocycles. The number of anilines is 1. The number of carbonyl (C=O) groups is 1. The number of halogens is 3. The van der Waals surface area contributed by atoms with E-state index in [0.717, 1.165) is 0 Å². The number of benzene rings is 2. The second-order valence-corrected chi connectivity index (χ2v) is 7.83. The standard InChI is InChI=1S/C21H18Cl3N3O3/c1-12-16(7-8-28)21(30)27(20(25-12)13-3-2-4-14(22)9-13)11-19(29)26-18-10-15(23)5-6-17(18)24/h2-6,9-10,28H,7-8,11H2,1H3,(H,26,29). The third-order valence-electron chi connectivity index (χ3n) is 4.42. The molecule has 1 heterocycles. The SMILES string of the molecule is Cc1nc(-c2cccc(Cl)c2)n(CC(=O)Nc2cc(Cl)ccc2Cl)c(=O)c1CCO. The van der Waals surface area contributed by atoms with Crippen molar-refractivity contribution in [3.8, 4) is 11.4 Å². The maximum Gasteiger partial charge on any atom is 0.257 e. The summed E-state index contributed by atoms with van der Waals surface area (Å²) in [6.07, 6.45) is 0.134. The molecule has 0 fully saturated rings. The lowest BCUT2D eigenvalue weighted by atomic mass is 10.1. The maximum atomic E-state index is 13.1. The Labute approximate surface area is 188 Å². The molecule has 9 heteroatoms. The first-order valence-electron chi connectivity index (χ1n) is 9.02. The van der Waals surface area contributed by atoms with Crippen LogP contribution < -0.4 is 10.9 Å². The van der Waals surface area contributed by atoms with E-state index in [1.807, 2.05) is 0 Å². The number of aliphatic hydroxyl groups is 1. The van der Waals surface area contributed by atoms with Crippen molar-refractivity contribution in [1.29, 1.82) is 0 Å². The molecule has 1 aromatic heterocycles. The minimum atomic E-state index is -0.481. The number of nitrogens with one attached hydrogen (secondary N) is 1. The van der Waals surface area contributed by atoms with Crippen LogP contribution in [0.25, 0.3) is 11.4 Å². The molecule has 0 radical (unpaired) electrons. The van der Waals surface area contributed by atoms with E-state index in [4.69, 9.17) is 34.8 Å². The normalized spacial score (nSPS) is 10.8. The Morgan fingerprint density at radius 1 is 1.13 bits per heavy atom. The van der Waals surface area contributed by atoms with E-state index in [1.54, 1.807) is 43.3 Å². The van der Waals surface area contributed by atoms with Crippen LogP contribution in [0.1, 0.15) is 11.3 Å². The molecule has 6 nitrogen and oxygen atoms in total. The molecule has 0 saturated heterocycles. The molecule has 0 spiro atoms. The number of aromatic nitrogens is 2. The zero-order chi connectivity index (χ0) is 21.8. The highest BCUT2D eigenvalue weighted by Gasteiger charge is 2.18. The molecule has 1 amide bonds. The Hall–Kier alpha value is -2.38. The molecule has 0 bridgehead atoms. The first-order chi connectivity index (χ1) is 14.3. The Morgan fingerprint density at radius 3 is 2.57 bits per heavy atom. The summed E-state index contributed by atoms with van der Waals surface area (Å²) < 4.78 is 1.26. The van der Waals surface area contributed by atoms with Crippen molar-refractivity contribution in [3.05, 3.63) is 79.1 Å². The van der Waals surface area contributed by atoms with E-state index in [9.17, 15) is 14.7 Å². The van der Waals surface area contributed by atoms with Gasteiger partial charge < -0.3 is 10.4 Å². The van der Waals surface area contributed by atoms with E-state index < -0.39 is 11.5 Å². The van der Waals surface area contributed by atoms with Gasteiger partial charge in [0, 0.05) is 39.9 Å². The van der Waals surface area contributed by atoms with Gasteiger partial charge in [-0.05, 0) is 37.3 Å². The molecule has 2 aromatic carbocycles. The second-order valence-electron chi connectivity index (χ2n) is 6.55. The maximum absolute atomic E-state index is 13.1. The third-order valence-corrected chi connectivity index (χ3v) is 5.22. The van der Waals surface area contributed by atoms with Crippen molar-refractivity contribution >= 4 is 46.4 Å². The third kappa shape index (κ3) is 5.02. The van der Waals surface area contributed by atoms with Crippen LogP contribution in [0.15, 0.2) is 47.3 Å². The first-order valence-corrected chi connectivity index (χ1v) is 10.2. The van der Waals surface area contributed by atoms with Crippen molar-refractivity contribution in [3.63, 3.8) is 0 Å². The zero-order valence-electron chi connectivity index (χ0n) is 16.0. The van der Waals surface area contributed by atoms with Gasteiger partial charge in [0.15, 0.2) is 0 Å². The zero-order valence-corrected chi connectivity index (χ0v) is 18.2. The van der Waals surface area contributed by atoms with Gasteiger partial charge in [-0.15, -0.1) is 0 Å². The van der Waals surface area contributed by atoms with Crippen LogP contribution in [0.5, 0.6) is 0 Å². The predicted octanol–water partition coefficient (Wildman–Crippen LogP) is 4.35. The Kier molecular flexibility index (Phi) is 7.15. The van der Waals surface area contributed by atoms with Crippen LogP contribution in [0.2, 0.25) is 15.1 Å². The topological polar surface area (TPSA) is 84.2 Å². The van der Waals surface area contributed by atoms with E-state index in [0.29, 0.717) is 43.4 Å². The summed E-state index contributed by atoms with van der Waals surface area (Å²) in [4.78, 5) is 30.4. The average Bonchev–Trinajstić information content (AvgIpc) is 2.70. The number of hydrogen-bond donors (Lipinski definition) is 2. The number of rotatable bonds is 6. The molecule has 3 aromatic rings. The Morgan fingerprint density at radius 2 is 1.87 bits per heavy atom. The molecular formula is C21H18Cl3N3O3. The van der Waals surface area contributed by atoms with E-state index in [-0.39, 0.29) is 19.6 Å². The minimum absolute atomic E-state index is 0.134. The van der Waals surface area contributed by atoms with Crippen LogP contribution >= 0.6 is 34.8 Å². The van der Waals surface area contributed by atoms with Crippen LogP contribution in [0.3, 0.4) is 0 Å². The predicted molar refractivity (Wildman–Crippen MR) is 120 cm³/mol. The highest BCUT2D eigenvalue weighted by atomic mass is 35.5. The molecule has 0 atom stereocenters. The molecule has 3 rings (SSSR count). The van der Waals surface area contributed by atoms with Gasteiger partial charge in [-0.1, -0.05) is 46.9 Å². The first kappa shape index (κ1) is 22.3. The van der Waals surface area contributed by atoms with Crippen molar-refractivity contribution in [2.75, 3.05) is 11.9 Å². The van der Waals surface area contributed by atoms with Crippen molar-refractivity contribution in [2.45, 2.75) is 19.9 Å². The summed E-state index contributed by atoms with van der Waals surface area (Å²) in [5.74, 6) is -0.181. The molecule has 30 heavy (non-hydrogen) atoms. The number of aryl methyl sites for hydroxylation is 1. The molecular weight excluding hydrogens is 449 g/mol. The van der Waals surface area contributed by atoms with Gasteiger partial charge in [-0.25, -0.2) is 4.98 Å². The smallest absolute Gasteiger partial charge is 0.257 e. The summed E-state index contributed by atoms with van der Waals surface area (Å²) in [6, 6.07) is 11.5. The summed E-state index contributed by atoms with van der Waals surface area (Å²) in [6.45, 7) is 1.17. The van der Waals surface area contributed by atoms with Gasteiger partial charge in [-0.3, -0.25) is 14.2 Å².